The SMILES string of the molecule is CCC(C)CN1CO1. The minimum absolute atomic E-state index is 0.789. The second-order valence-electron chi connectivity index (χ2n) is 2.44. The molecule has 0 aliphatic carbocycles. The molecule has 2 heteroatoms. The second-order valence-corrected chi connectivity index (χ2v) is 2.44. The number of rotatable bonds is 3. The number of nitrogens with zero attached hydrogens (tertiary/aromatic N) is 1. The monoisotopic (exact) mass is 115 g/mol. The maximum atomic E-state index is 4.91. The molecule has 1 saturated heterocycles. The number of hydrogen-bond donors (Lipinski definition) is 0. The molecule has 2 unspecified atom stereocenters. The van der Waals surface area contributed by atoms with Gasteiger partial charge in [0.25, 0.3) is 0 Å². The van der Waals surface area contributed by atoms with Crippen LogP contribution in [0.4, 0.5) is 0 Å². The molecule has 0 aromatic heterocycles. The summed E-state index contributed by atoms with van der Waals surface area (Å²) in [7, 11) is 0. The molecule has 1 rings (SSSR count). The van der Waals surface area contributed by atoms with E-state index in [0.29, 0.717) is 0 Å². The molecule has 1 heterocycles. The van der Waals surface area contributed by atoms with Crippen LogP contribution in [0.25, 0.3) is 0 Å². The van der Waals surface area contributed by atoms with Crippen LogP contribution in [0.2, 0.25) is 0 Å². The van der Waals surface area contributed by atoms with Gasteiger partial charge in [-0.1, -0.05) is 20.3 Å². The molecule has 0 spiro atoms. The van der Waals surface area contributed by atoms with E-state index in [4.69, 9.17) is 4.84 Å². The molecule has 1 aliphatic heterocycles. The molecule has 0 aromatic rings. The second kappa shape index (κ2) is 2.46. The summed E-state index contributed by atoms with van der Waals surface area (Å²) in [5.41, 5.74) is 0. The zero-order valence-corrected chi connectivity index (χ0v) is 5.55. The van der Waals surface area contributed by atoms with Crippen LogP contribution in [0.1, 0.15) is 20.3 Å². The van der Waals surface area contributed by atoms with Crippen molar-refractivity contribution in [2.45, 2.75) is 20.3 Å². The molecule has 0 aromatic carbocycles. The minimum atomic E-state index is 0.789. The van der Waals surface area contributed by atoms with Gasteiger partial charge in [-0.05, 0) is 5.92 Å². The third-order valence-corrected chi connectivity index (χ3v) is 1.52. The van der Waals surface area contributed by atoms with Gasteiger partial charge in [0.2, 0.25) is 0 Å². The Bertz CT molecular complexity index is 70.9. The highest BCUT2D eigenvalue weighted by atomic mass is 16.8. The Hall–Kier alpha value is -0.0800. The lowest BCUT2D eigenvalue weighted by atomic mass is 10.1. The lowest BCUT2D eigenvalue weighted by molar-refractivity contribution is 0.178. The summed E-state index contributed by atoms with van der Waals surface area (Å²) in [6, 6.07) is 0. The Labute approximate surface area is 50.4 Å². The van der Waals surface area contributed by atoms with Crippen LogP contribution in [0, 0.1) is 5.92 Å². The van der Waals surface area contributed by atoms with Gasteiger partial charge < -0.3 is 0 Å². The average molecular weight is 115 g/mol. The lowest BCUT2D eigenvalue weighted by Gasteiger charge is -2.03. The van der Waals surface area contributed by atoms with Crippen LogP contribution in [0.3, 0.4) is 0 Å². The Balaban J connectivity index is 1.98. The average Bonchev–Trinajstić information content (AvgIpc) is 2.50. The molecular weight excluding hydrogens is 102 g/mol. The molecule has 8 heavy (non-hydrogen) atoms. The van der Waals surface area contributed by atoms with Crippen molar-refractivity contribution >= 4 is 0 Å². The summed E-state index contributed by atoms with van der Waals surface area (Å²) in [4.78, 5) is 4.91. The van der Waals surface area contributed by atoms with Gasteiger partial charge in [-0.3, -0.25) is 4.84 Å². The maximum absolute atomic E-state index is 4.91. The van der Waals surface area contributed by atoms with E-state index in [9.17, 15) is 0 Å². The van der Waals surface area contributed by atoms with E-state index in [0.717, 1.165) is 19.2 Å². The standard InChI is InChI=1S/C6H13NO/c1-3-6(2)4-7-5-8-7/h6H,3-5H2,1-2H3. The molecule has 1 fully saturated rings. The van der Waals surface area contributed by atoms with Crippen LogP contribution in [0.15, 0.2) is 0 Å². The summed E-state index contributed by atoms with van der Waals surface area (Å²) in [6.45, 7) is 6.40. The first-order chi connectivity index (χ1) is 3.83. The van der Waals surface area contributed by atoms with Crippen molar-refractivity contribution in [2.24, 2.45) is 5.92 Å². The molecule has 1 aliphatic rings. The zero-order chi connectivity index (χ0) is 5.98. The van der Waals surface area contributed by atoms with Crippen molar-refractivity contribution in [1.29, 1.82) is 0 Å². The minimum Gasteiger partial charge on any atom is -0.279 e. The summed E-state index contributed by atoms with van der Waals surface area (Å²) in [5.74, 6) is 0.789. The predicted molar refractivity (Wildman–Crippen MR) is 32.1 cm³/mol. The summed E-state index contributed by atoms with van der Waals surface area (Å²) < 4.78 is 0. The fraction of sp³-hybridized carbons (Fsp3) is 1.00. The van der Waals surface area contributed by atoms with Crippen LogP contribution >= 0.6 is 0 Å². The first-order valence-corrected chi connectivity index (χ1v) is 3.20. The fourth-order valence-electron chi connectivity index (χ4n) is 0.623. The number of hydroxylamine groups is 2. The van der Waals surface area contributed by atoms with Gasteiger partial charge in [0.15, 0.2) is 0 Å². The van der Waals surface area contributed by atoms with Crippen LogP contribution in [-0.2, 0) is 4.84 Å². The Morgan fingerprint density at radius 3 is 2.75 bits per heavy atom. The molecule has 0 radical (unpaired) electrons. The molecule has 0 N–H and O–H groups in total. The molecule has 48 valence electrons. The van der Waals surface area contributed by atoms with Crippen molar-refractivity contribution in [3.05, 3.63) is 0 Å². The van der Waals surface area contributed by atoms with E-state index in [2.05, 4.69) is 13.8 Å². The quantitative estimate of drug-likeness (QED) is 0.514. The van der Waals surface area contributed by atoms with Gasteiger partial charge in [-0.2, -0.15) is 5.06 Å². The van der Waals surface area contributed by atoms with Crippen LogP contribution < -0.4 is 0 Å². The zero-order valence-electron chi connectivity index (χ0n) is 5.55. The van der Waals surface area contributed by atoms with E-state index < -0.39 is 0 Å². The van der Waals surface area contributed by atoms with Crippen LogP contribution in [0.5, 0.6) is 0 Å². The summed E-state index contributed by atoms with van der Waals surface area (Å²) in [6.07, 6.45) is 1.25. The third-order valence-electron chi connectivity index (χ3n) is 1.52. The van der Waals surface area contributed by atoms with Gasteiger partial charge in [0.1, 0.15) is 6.73 Å². The Morgan fingerprint density at radius 2 is 2.38 bits per heavy atom. The molecule has 0 saturated carbocycles. The predicted octanol–water partition coefficient (Wildman–Crippen LogP) is 1.24. The van der Waals surface area contributed by atoms with Gasteiger partial charge >= 0.3 is 0 Å². The van der Waals surface area contributed by atoms with Gasteiger partial charge in [-0.25, -0.2) is 0 Å². The van der Waals surface area contributed by atoms with Crippen molar-refractivity contribution in [1.82, 2.24) is 5.06 Å². The van der Waals surface area contributed by atoms with Crippen molar-refractivity contribution in [3.8, 4) is 0 Å². The van der Waals surface area contributed by atoms with Crippen LogP contribution in [-0.4, -0.2) is 18.3 Å². The first-order valence-electron chi connectivity index (χ1n) is 3.20. The normalized spacial score (nSPS) is 30.0. The smallest absolute Gasteiger partial charge is 0.144 e. The van der Waals surface area contributed by atoms with Crippen molar-refractivity contribution < 1.29 is 4.84 Å². The lowest BCUT2D eigenvalue weighted by Crippen LogP contribution is -2.07. The summed E-state index contributed by atoms with van der Waals surface area (Å²) in [5, 5.41) is 1.98. The van der Waals surface area contributed by atoms with E-state index in [1.165, 1.54) is 6.42 Å². The first kappa shape index (κ1) is 6.05. The van der Waals surface area contributed by atoms with E-state index >= 15 is 0 Å². The molecule has 2 atom stereocenters. The Kier molecular flexibility index (Phi) is 1.86. The Morgan fingerprint density at radius 1 is 1.75 bits per heavy atom. The van der Waals surface area contributed by atoms with E-state index in [1.807, 2.05) is 5.06 Å². The van der Waals surface area contributed by atoms with Gasteiger partial charge in [0.05, 0.1) is 0 Å². The maximum Gasteiger partial charge on any atom is 0.144 e. The third kappa shape index (κ3) is 1.80. The topological polar surface area (TPSA) is 15.5 Å². The largest absolute Gasteiger partial charge is 0.279 e. The highest BCUT2D eigenvalue weighted by Crippen LogP contribution is 2.11. The van der Waals surface area contributed by atoms with E-state index in [-0.39, 0.29) is 0 Å². The van der Waals surface area contributed by atoms with Crippen molar-refractivity contribution in [2.75, 3.05) is 13.3 Å². The fourth-order valence-corrected chi connectivity index (χ4v) is 0.623. The highest BCUT2D eigenvalue weighted by Gasteiger charge is 2.19. The molecular formula is C6H13NO. The van der Waals surface area contributed by atoms with Crippen molar-refractivity contribution in [3.63, 3.8) is 0 Å². The van der Waals surface area contributed by atoms with Gasteiger partial charge in [0, 0.05) is 6.54 Å². The number of hydrogen-bond acceptors (Lipinski definition) is 2. The molecule has 0 amide bonds. The molecule has 0 bridgehead atoms. The molecule has 2 nitrogen and oxygen atoms in total. The van der Waals surface area contributed by atoms with Gasteiger partial charge in [-0.15, -0.1) is 0 Å². The summed E-state index contributed by atoms with van der Waals surface area (Å²) >= 11 is 0. The highest BCUT2D eigenvalue weighted by molar-refractivity contribution is 4.55. The van der Waals surface area contributed by atoms with E-state index in [1.54, 1.807) is 0 Å².